The number of hydrogen-bond acceptors (Lipinski definition) is 4. The molecule has 4 heteroatoms. The van der Waals surface area contributed by atoms with Crippen molar-refractivity contribution in [1.29, 1.82) is 10.5 Å². The van der Waals surface area contributed by atoms with E-state index < -0.39 is 0 Å². The van der Waals surface area contributed by atoms with Crippen molar-refractivity contribution in [3.05, 3.63) is 53.7 Å². The molecule has 76 valence electrons. The van der Waals surface area contributed by atoms with Crippen molar-refractivity contribution in [1.82, 2.24) is 10.4 Å². The Labute approximate surface area is 93.3 Å². The Kier molecular flexibility index (Phi) is 2.58. The van der Waals surface area contributed by atoms with E-state index in [1.165, 1.54) is 0 Å². The van der Waals surface area contributed by atoms with Crippen LogP contribution >= 0.6 is 0 Å². The third-order valence-electron chi connectivity index (χ3n) is 2.18. The van der Waals surface area contributed by atoms with Gasteiger partial charge in [0.25, 0.3) is 0 Å². The van der Waals surface area contributed by atoms with E-state index in [1.807, 2.05) is 42.6 Å². The van der Waals surface area contributed by atoms with Gasteiger partial charge >= 0.3 is 0 Å². The molecule has 16 heavy (non-hydrogen) atoms. The van der Waals surface area contributed by atoms with Crippen molar-refractivity contribution >= 4 is 5.70 Å². The van der Waals surface area contributed by atoms with Crippen LogP contribution in [0.15, 0.2) is 48.2 Å². The van der Waals surface area contributed by atoms with Crippen molar-refractivity contribution in [2.24, 2.45) is 0 Å². The van der Waals surface area contributed by atoms with E-state index in [0.717, 1.165) is 16.3 Å². The Balaban J connectivity index is 2.35. The van der Waals surface area contributed by atoms with E-state index in [9.17, 15) is 0 Å². The van der Waals surface area contributed by atoms with Crippen LogP contribution in [0.1, 0.15) is 5.56 Å². The monoisotopic (exact) mass is 208 g/mol. The molecule has 1 aromatic rings. The Hall–Kier alpha value is -2.72. The highest BCUT2D eigenvalue weighted by Gasteiger charge is 2.14. The van der Waals surface area contributed by atoms with Crippen LogP contribution in [0.4, 0.5) is 0 Å². The summed E-state index contributed by atoms with van der Waals surface area (Å²) in [5.74, 6) is 0. The van der Waals surface area contributed by atoms with Crippen LogP contribution in [0.5, 0.6) is 0 Å². The summed E-state index contributed by atoms with van der Waals surface area (Å²) in [5, 5.41) is 18.8. The van der Waals surface area contributed by atoms with E-state index in [2.05, 4.69) is 5.43 Å². The highest BCUT2D eigenvalue weighted by atomic mass is 15.5. The lowest BCUT2D eigenvalue weighted by Gasteiger charge is -2.22. The summed E-state index contributed by atoms with van der Waals surface area (Å²) in [6, 6.07) is 11.5. The van der Waals surface area contributed by atoms with Crippen LogP contribution in [0.3, 0.4) is 0 Å². The molecule has 0 aliphatic carbocycles. The van der Waals surface area contributed by atoms with E-state index in [0.29, 0.717) is 0 Å². The average Bonchev–Trinajstić information content (AvgIpc) is 2.39. The molecule has 0 spiro atoms. The Morgan fingerprint density at radius 3 is 2.44 bits per heavy atom. The molecule has 0 saturated heterocycles. The minimum atomic E-state index is 0.280. The van der Waals surface area contributed by atoms with Crippen molar-refractivity contribution in [2.45, 2.75) is 0 Å². The van der Waals surface area contributed by atoms with E-state index in [4.69, 9.17) is 10.5 Å². The molecule has 0 saturated carbocycles. The predicted molar refractivity (Wildman–Crippen MR) is 58.7 cm³/mol. The van der Waals surface area contributed by atoms with Crippen molar-refractivity contribution < 1.29 is 0 Å². The zero-order chi connectivity index (χ0) is 11.4. The molecular weight excluding hydrogens is 200 g/mol. The van der Waals surface area contributed by atoms with E-state index >= 15 is 0 Å². The first-order valence-corrected chi connectivity index (χ1v) is 4.69. The second-order valence-electron chi connectivity index (χ2n) is 3.16. The Morgan fingerprint density at radius 2 is 1.81 bits per heavy atom. The van der Waals surface area contributed by atoms with E-state index in [1.54, 1.807) is 12.2 Å². The van der Waals surface area contributed by atoms with Gasteiger partial charge in [0.1, 0.15) is 6.07 Å². The molecule has 1 aliphatic heterocycles. The summed E-state index contributed by atoms with van der Waals surface area (Å²) in [6.45, 7) is 0. The van der Waals surface area contributed by atoms with Gasteiger partial charge in [0, 0.05) is 0 Å². The molecule has 0 bridgehead atoms. The number of hydrazine groups is 1. The summed E-state index contributed by atoms with van der Waals surface area (Å²) in [5.41, 5.74) is 4.90. The van der Waals surface area contributed by atoms with Gasteiger partial charge in [-0.25, -0.2) is 0 Å². The lowest BCUT2D eigenvalue weighted by molar-refractivity contribution is 0.434. The Morgan fingerprint density at radius 1 is 1.06 bits per heavy atom. The lowest BCUT2D eigenvalue weighted by atomic mass is 10.1. The zero-order valence-corrected chi connectivity index (χ0v) is 8.38. The van der Waals surface area contributed by atoms with Crippen LogP contribution < -0.4 is 5.43 Å². The summed E-state index contributed by atoms with van der Waals surface area (Å²) in [4.78, 5) is 0. The predicted octanol–water partition coefficient (Wildman–Crippen LogP) is 1.74. The third-order valence-corrected chi connectivity index (χ3v) is 2.18. The smallest absolute Gasteiger partial charge is 0.205 e. The summed E-state index contributed by atoms with van der Waals surface area (Å²) in [7, 11) is 0. The van der Waals surface area contributed by atoms with E-state index in [-0.39, 0.29) is 5.70 Å². The van der Waals surface area contributed by atoms with Gasteiger partial charge in [0.15, 0.2) is 5.70 Å². The minimum absolute atomic E-state index is 0.280. The molecule has 0 amide bonds. The Bertz CT molecular complexity index is 528. The highest BCUT2D eigenvalue weighted by Crippen LogP contribution is 2.17. The third kappa shape index (κ3) is 1.73. The average molecular weight is 208 g/mol. The molecule has 1 aromatic carbocycles. The number of rotatable bonds is 1. The number of allylic oxidation sites excluding steroid dienone is 3. The number of nitriles is 2. The number of nitrogens with zero attached hydrogens (tertiary/aromatic N) is 3. The van der Waals surface area contributed by atoms with Gasteiger partial charge < -0.3 is 0 Å². The lowest BCUT2D eigenvalue weighted by Crippen LogP contribution is -2.33. The van der Waals surface area contributed by atoms with Gasteiger partial charge in [-0.15, -0.1) is 0 Å². The van der Waals surface area contributed by atoms with Crippen LogP contribution in [0.25, 0.3) is 5.70 Å². The number of nitrogens with one attached hydrogen (secondary N) is 1. The molecule has 0 radical (unpaired) electrons. The van der Waals surface area contributed by atoms with Crippen LogP contribution in [-0.4, -0.2) is 5.01 Å². The van der Waals surface area contributed by atoms with Gasteiger partial charge in [-0.3, -0.25) is 5.43 Å². The molecule has 0 atom stereocenters. The molecule has 0 unspecified atom stereocenters. The summed E-state index contributed by atoms with van der Waals surface area (Å²) in [6.07, 6.45) is 5.29. The number of benzene rings is 1. The quantitative estimate of drug-likeness (QED) is 0.714. The fraction of sp³-hybridized carbons (Fsp3) is 0. The molecule has 1 N–H and O–H groups in total. The standard InChI is InChI=1S/C12H8N4/c13-8-11-6-7-12(15-16(11)9-14)10-4-2-1-3-5-10/h1-7,15H. The first kappa shape index (κ1) is 9.82. The minimum Gasteiger partial charge on any atom is -0.284 e. The second kappa shape index (κ2) is 4.20. The first-order valence-electron chi connectivity index (χ1n) is 4.69. The molecule has 1 aliphatic rings. The van der Waals surface area contributed by atoms with Gasteiger partial charge in [0.05, 0.1) is 5.70 Å². The molecule has 0 aromatic heterocycles. The highest BCUT2D eigenvalue weighted by molar-refractivity contribution is 5.67. The molecule has 4 nitrogen and oxygen atoms in total. The summed E-state index contributed by atoms with van der Waals surface area (Å²) >= 11 is 0. The molecular formula is C12H8N4. The van der Waals surface area contributed by atoms with Crippen LogP contribution in [0.2, 0.25) is 0 Å². The van der Waals surface area contributed by atoms with Gasteiger partial charge in [0.2, 0.25) is 6.19 Å². The second-order valence-corrected chi connectivity index (χ2v) is 3.16. The molecule has 1 heterocycles. The van der Waals surface area contributed by atoms with Crippen molar-refractivity contribution in [2.75, 3.05) is 0 Å². The van der Waals surface area contributed by atoms with Gasteiger partial charge in [-0.05, 0) is 17.7 Å². The maximum absolute atomic E-state index is 8.85. The largest absolute Gasteiger partial charge is 0.284 e. The summed E-state index contributed by atoms with van der Waals surface area (Å²) < 4.78 is 0. The first-order chi connectivity index (χ1) is 7.85. The normalized spacial score (nSPS) is 14.0. The fourth-order valence-corrected chi connectivity index (χ4v) is 1.40. The van der Waals surface area contributed by atoms with Gasteiger partial charge in [-0.2, -0.15) is 15.5 Å². The van der Waals surface area contributed by atoms with Crippen molar-refractivity contribution in [3.63, 3.8) is 0 Å². The maximum Gasteiger partial charge on any atom is 0.205 e. The molecule has 0 fully saturated rings. The zero-order valence-electron chi connectivity index (χ0n) is 8.38. The maximum atomic E-state index is 8.85. The number of hydrogen-bond donors (Lipinski definition) is 1. The van der Waals surface area contributed by atoms with Gasteiger partial charge in [-0.1, -0.05) is 30.3 Å². The van der Waals surface area contributed by atoms with Crippen LogP contribution in [0, 0.1) is 22.8 Å². The fourth-order valence-electron chi connectivity index (χ4n) is 1.40. The van der Waals surface area contributed by atoms with Crippen molar-refractivity contribution in [3.8, 4) is 12.3 Å². The van der Waals surface area contributed by atoms with Crippen LogP contribution in [-0.2, 0) is 0 Å². The topological polar surface area (TPSA) is 62.9 Å². The molecule has 2 rings (SSSR count). The SMILES string of the molecule is N#CC1=CC=C(c2ccccc2)NN1C#N.